The maximum Gasteiger partial charge on any atom is 0.338 e. The van der Waals surface area contributed by atoms with E-state index in [2.05, 4.69) is 0 Å². The highest BCUT2D eigenvalue weighted by atomic mass is 35.5. The summed E-state index contributed by atoms with van der Waals surface area (Å²) in [5, 5.41) is 1.11. The van der Waals surface area contributed by atoms with Gasteiger partial charge < -0.3 is 18.6 Å². The number of methoxy groups -OCH3 is 1. The summed E-state index contributed by atoms with van der Waals surface area (Å²) in [6.07, 6.45) is 1.03. The number of furan rings is 1. The van der Waals surface area contributed by atoms with Gasteiger partial charge in [-0.1, -0.05) is 37.1 Å². The van der Waals surface area contributed by atoms with Gasteiger partial charge in [0.15, 0.2) is 5.58 Å². The monoisotopic (exact) mass is 458 g/mol. The van der Waals surface area contributed by atoms with Gasteiger partial charge >= 0.3 is 11.9 Å². The summed E-state index contributed by atoms with van der Waals surface area (Å²) in [6.45, 7) is 7.38. The van der Waals surface area contributed by atoms with Crippen molar-refractivity contribution in [3.8, 4) is 5.75 Å². The highest BCUT2D eigenvalue weighted by Gasteiger charge is 2.27. The van der Waals surface area contributed by atoms with E-state index in [-0.39, 0.29) is 5.97 Å². The van der Waals surface area contributed by atoms with Crippen molar-refractivity contribution in [2.75, 3.05) is 13.7 Å². The van der Waals surface area contributed by atoms with Crippen LogP contribution in [-0.4, -0.2) is 25.7 Å². The standard InChI is InChI=1S/C25H27ClO6/c1-6-8-18-13-19(26)24-20(22(18)31-15(4)27)14(3)21(32-24)23(29-5)16-9-11-17(12-10-16)25(28)30-7-2/h9-13,23H,6-8H2,1-5H3. The third kappa shape index (κ3) is 4.66. The van der Waals surface area contributed by atoms with Gasteiger partial charge in [-0.05, 0) is 49.6 Å². The lowest BCUT2D eigenvalue weighted by Gasteiger charge is -2.15. The molecule has 1 unspecified atom stereocenters. The Balaban J connectivity index is 2.13. The van der Waals surface area contributed by atoms with Crippen LogP contribution < -0.4 is 4.74 Å². The third-order valence-corrected chi connectivity index (χ3v) is 5.46. The molecule has 0 saturated heterocycles. The fraction of sp³-hybridized carbons (Fsp3) is 0.360. The number of fused-ring (bicyclic) bond motifs is 1. The Morgan fingerprint density at radius 3 is 2.41 bits per heavy atom. The maximum absolute atomic E-state index is 12.0. The first-order valence-corrected chi connectivity index (χ1v) is 10.9. The highest BCUT2D eigenvalue weighted by Crippen LogP contribution is 2.44. The van der Waals surface area contributed by atoms with Gasteiger partial charge in [-0.2, -0.15) is 0 Å². The third-order valence-electron chi connectivity index (χ3n) is 5.18. The number of halogens is 1. The molecule has 0 fully saturated rings. The molecule has 32 heavy (non-hydrogen) atoms. The summed E-state index contributed by atoms with van der Waals surface area (Å²) in [7, 11) is 1.58. The lowest BCUT2D eigenvalue weighted by atomic mass is 9.99. The number of carbonyl (C=O) groups is 2. The predicted octanol–water partition coefficient (Wildman–Crippen LogP) is 6.18. The van der Waals surface area contributed by atoms with Crippen molar-refractivity contribution in [2.24, 2.45) is 0 Å². The number of ether oxygens (including phenoxy) is 3. The molecule has 6 nitrogen and oxygen atoms in total. The molecule has 0 saturated carbocycles. The fourth-order valence-electron chi connectivity index (χ4n) is 3.79. The van der Waals surface area contributed by atoms with Gasteiger partial charge in [0, 0.05) is 19.6 Å². The molecule has 0 amide bonds. The Morgan fingerprint density at radius 2 is 1.84 bits per heavy atom. The second-order valence-corrected chi connectivity index (χ2v) is 7.85. The molecule has 3 aromatic rings. The van der Waals surface area contributed by atoms with Crippen LogP contribution in [0.25, 0.3) is 11.0 Å². The Labute approximate surface area is 192 Å². The van der Waals surface area contributed by atoms with Crippen LogP contribution in [0.4, 0.5) is 0 Å². The lowest BCUT2D eigenvalue weighted by Crippen LogP contribution is -2.07. The second kappa shape index (κ2) is 10.2. The van der Waals surface area contributed by atoms with E-state index in [4.69, 9.17) is 30.2 Å². The zero-order valence-electron chi connectivity index (χ0n) is 18.9. The van der Waals surface area contributed by atoms with E-state index in [1.54, 1.807) is 44.4 Å². The van der Waals surface area contributed by atoms with Crippen LogP contribution in [0.1, 0.15) is 66.1 Å². The van der Waals surface area contributed by atoms with E-state index in [0.717, 1.165) is 23.1 Å². The molecule has 7 heteroatoms. The minimum absolute atomic E-state index is 0.310. The van der Waals surface area contributed by atoms with Gasteiger partial charge in [-0.25, -0.2) is 4.79 Å². The average molecular weight is 459 g/mol. The molecule has 0 radical (unpaired) electrons. The van der Waals surface area contributed by atoms with Crippen molar-refractivity contribution in [2.45, 2.75) is 46.6 Å². The summed E-state index contributed by atoms with van der Waals surface area (Å²) >= 11 is 6.54. The predicted molar refractivity (Wildman–Crippen MR) is 123 cm³/mol. The highest BCUT2D eigenvalue weighted by molar-refractivity contribution is 6.35. The molecular weight excluding hydrogens is 432 g/mol. The summed E-state index contributed by atoms with van der Waals surface area (Å²) in [5.74, 6) is 0.231. The van der Waals surface area contributed by atoms with Crippen LogP contribution in [0.3, 0.4) is 0 Å². The Hall–Kier alpha value is -2.83. The quantitative estimate of drug-likeness (QED) is 0.296. The van der Waals surface area contributed by atoms with Crippen LogP contribution in [0, 0.1) is 6.92 Å². The topological polar surface area (TPSA) is 75.0 Å². The van der Waals surface area contributed by atoms with E-state index < -0.39 is 12.1 Å². The molecule has 0 spiro atoms. The number of aryl methyl sites for hydroxylation is 2. The van der Waals surface area contributed by atoms with Crippen molar-refractivity contribution in [1.82, 2.24) is 0 Å². The molecule has 1 aromatic heterocycles. The number of rotatable bonds is 8. The van der Waals surface area contributed by atoms with Gasteiger partial charge in [-0.3, -0.25) is 4.79 Å². The largest absolute Gasteiger partial charge is 0.462 e. The molecule has 0 aliphatic heterocycles. The van der Waals surface area contributed by atoms with Crippen molar-refractivity contribution in [3.63, 3.8) is 0 Å². The van der Waals surface area contributed by atoms with Crippen LogP contribution in [0.2, 0.25) is 5.02 Å². The van der Waals surface area contributed by atoms with Crippen molar-refractivity contribution in [3.05, 3.63) is 63.4 Å². The average Bonchev–Trinajstić information content (AvgIpc) is 3.10. The van der Waals surface area contributed by atoms with Crippen molar-refractivity contribution >= 4 is 34.5 Å². The van der Waals surface area contributed by atoms with E-state index in [0.29, 0.717) is 46.1 Å². The first-order valence-electron chi connectivity index (χ1n) is 10.5. The Morgan fingerprint density at radius 1 is 1.16 bits per heavy atom. The molecule has 0 bridgehead atoms. The zero-order chi connectivity index (χ0) is 23.4. The van der Waals surface area contributed by atoms with Crippen LogP contribution in [0.15, 0.2) is 34.7 Å². The summed E-state index contributed by atoms with van der Waals surface area (Å²) < 4.78 is 22.6. The molecular formula is C25H27ClO6. The normalized spacial score (nSPS) is 12.1. The van der Waals surface area contributed by atoms with Crippen LogP contribution >= 0.6 is 11.6 Å². The minimum Gasteiger partial charge on any atom is -0.462 e. The van der Waals surface area contributed by atoms with Crippen LogP contribution in [-0.2, 0) is 20.7 Å². The zero-order valence-corrected chi connectivity index (χ0v) is 19.7. The molecule has 170 valence electrons. The lowest BCUT2D eigenvalue weighted by molar-refractivity contribution is -0.131. The van der Waals surface area contributed by atoms with Gasteiger partial charge in [-0.15, -0.1) is 0 Å². The minimum atomic E-state index is -0.547. The van der Waals surface area contributed by atoms with E-state index in [1.807, 2.05) is 13.8 Å². The molecule has 1 atom stereocenters. The summed E-state index contributed by atoms with van der Waals surface area (Å²) in [5.41, 5.74) is 3.32. The number of esters is 2. The molecule has 2 aromatic carbocycles. The first-order chi connectivity index (χ1) is 15.3. The van der Waals surface area contributed by atoms with Crippen molar-refractivity contribution in [1.29, 1.82) is 0 Å². The number of benzene rings is 2. The molecule has 3 rings (SSSR count). The molecule has 0 aliphatic rings. The number of hydrogen-bond acceptors (Lipinski definition) is 6. The number of carbonyl (C=O) groups excluding carboxylic acids is 2. The van der Waals surface area contributed by atoms with Gasteiger partial charge in [0.1, 0.15) is 17.6 Å². The Bertz CT molecular complexity index is 1130. The molecule has 0 N–H and O–H groups in total. The van der Waals surface area contributed by atoms with E-state index in [9.17, 15) is 9.59 Å². The van der Waals surface area contributed by atoms with Gasteiger partial charge in [0.2, 0.25) is 0 Å². The van der Waals surface area contributed by atoms with Gasteiger partial charge in [0.05, 0.1) is 22.6 Å². The van der Waals surface area contributed by atoms with E-state index >= 15 is 0 Å². The maximum atomic E-state index is 12.0. The summed E-state index contributed by atoms with van der Waals surface area (Å²) in [4.78, 5) is 23.8. The molecule has 0 aliphatic carbocycles. The molecule has 1 heterocycles. The Kier molecular flexibility index (Phi) is 7.59. The van der Waals surface area contributed by atoms with Crippen molar-refractivity contribution < 1.29 is 28.2 Å². The second-order valence-electron chi connectivity index (χ2n) is 7.44. The first kappa shape index (κ1) is 23.8. The SMILES string of the molecule is CCCc1cc(Cl)c2oc(C(OC)c3ccc(C(=O)OCC)cc3)c(C)c2c1OC(C)=O. The summed E-state index contributed by atoms with van der Waals surface area (Å²) in [6, 6.07) is 8.75. The fourth-order valence-corrected chi connectivity index (χ4v) is 4.05. The smallest absolute Gasteiger partial charge is 0.338 e. The van der Waals surface area contributed by atoms with E-state index in [1.165, 1.54) is 6.92 Å². The van der Waals surface area contributed by atoms with Gasteiger partial charge in [0.25, 0.3) is 0 Å². The number of hydrogen-bond donors (Lipinski definition) is 0. The van der Waals surface area contributed by atoms with Crippen LogP contribution in [0.5, 0.6) is 5.75 Å².